The van der Waals surface area contributed by atoms with E-state index in [1.54, 1.807) is 7.11 Å². The van der Waals surface area contributed by atoms with Gasteiger partial charge in [-0.25, -0.2) is 0 Å². The second-order valence-corrected chi connectivity index (χ2v) is 9.29. The first-order chi connectivity index (χ1) is 16.5. The molecule has 0 saturated carbocycles. The zero-order valence-corrected chi connectivity index (χ0v) is 20.7. The van der Waals surface area contributed by atoms with Crippen molar-refractivity contribution in [2.75, 3.05) is 12.4 Å². The first-order valence-corrected chi connectivity index (χ1v) is 12.0. The number of ether oxygens (including phenoxy) is 1. The van der Waals surface area contributed by atoms with Gasteiger partial charge in [0.25, 0.3) is 0 Å². The molecular formula is C31H34N2O. The Balaban J connectivity index is 1.81. The van der Waals surface area contributed by atoms with Crippen molar-refractivity contribution >= 4 is 5.69 Å². The SMILES string of the molecule is COc1ccc(-c2cccc(C(Nc3c(C(C)C)cccc3C(C)C)c3ccccc3)n2)cc1. The summed E-state index contributed by atoms with van der Waals surface area (Å²) < 4.78 is 5.32. The highest BCUT2D eigenvalue weighted by molar-refractivity contribution is 5.64. The maximum atomic E-state index is 5.32. The molecule has 0 amide bonds. The molecule has 0 fully saturated rings. The van der Waals surface area contributed by atoms with Crippen LogP contribution in [-0.2, 0) is 0 Å². The van der Waals surface area contributed by atoms with Crippen LogP contribution in [0.3, 0.4) is 0 Å². The molecule has 174 valence electrons. The van der Waals surface area contributed by atoms with E-state index in [2.05, 4.69) is 112 Å². The Kier molecular flexibility index (Phi) is 7.32. The molecule has 0 radical (unpaired) electrons. The number of pyridine rings is 1. The van der Waals surface area contributed by atoms with Gasteiger partial charge in [-0.15, -0.1) is 0 Å². The minimum atomic E-state index is -0.0724. The van der Waals surface area contributed by atoms with Gasteiger partial charge < -0.3 is 10.1 Å². The summed E-state index contributed by atoms with van der Waals surface area (Å²) in [5, 5.41) is 3.93. The van der Waals surface area contributed by atoms with Gasteiger partial charge in [0.05, 0.1) is 24.5 Å². The first-order valence-electron chi connectivity index (χ1n) is 12.0. The summed E-state index contributed by atoms with van der Waals surface area (Å²) in [5.41, 5.74) is 8.09. The second-order valence-electron chi connectivity index (χ2n) is 9.29. The Hall–Kier alpha value is -3.59. The van der Waals surface area contributed by atoms with Crippen LogP contribution in [0.2, 0.25) is 0 Å². The van der Waals surface area contributed by atoms with Crippen molar-refractivity contribution < 1.29 is 4.74 Å². The van der Waals surface area contributed by atoms with Crippen LogP contribution in [0.25, 0.3) is 11.3 Å². The van der Waals surface area contributed by atoms with Crippen molar-refractivity contribution in [3.05, 3.63) is 113 Å². The molecule has 4 aromatic rings. The lowest BCUT2D eigenvalue weighted by Crippen LogP contribution is -2.17. The molecule has 0 spiro atoms. The summed E-state index contributed by atoms with van der Waals surface area (Å²) in [6, 6.07) is 31.5. The number of rotatable bonds is 8. The standard InChI is InChI=1S/C31H34N2O/c1-21(2)26-13-9-14-27(22(3)4)31(26)33-30(24-11-7-6-8-12-24)29-16-10-15-28(32-29)23-17-19-25(34-5)20-18-23/h6-22,30,33H,1-5H3. The van der Waals surface area contributed by atoms with E-state index in [-0.39, 0.29) is 6.04 Å². The Morgan fingerprint density at radius 1 is 0.676 bits per heavy atom. The number of aromatic nitrogens is 1. The lowest BCUT2D eigenvalue weighted by atomic mass is 9.91. The fraction of sp³-hybridized carbons (Fsp3) is 0.258. The van der Waals surface area contributed by atoms with Crippen LogP contribution < -0.4 is 10.1 Å². The lowest BCUT2D eigenvalue weighted by Gasteiger charge is -2.27. The van der Waals surface area contributed by atoms with E-state index in [9.17, 15) is 0 Å². The van der Waals surface area contributed by atoms with Gasteiger partial charge in [0.15, 0.2) is 0 Å². The molecule has 4 rings (SSSR count). The van der Waals surface area contributed by atoms with Crippen LogP contribution >= 0.6 is 0 Å². The Bertz CT molecular complexity index is 1190. The van der Waals surface area contributed by atoms with Gasteiger partial charge in [-0.1, -0.05) is 82.3 Å². The van der Waals surface area contributed by atoms with Crippen LogP contribution in [0.5, 0.6) is 5.75 Å². The van der Waals surface area contributed by atoms with Gasteiger partial charge in [0.1, 0.15) is 5.75 Å². The fourth-order valence-corrected chi connectivity index (χ4v) is 4.37. The van der Waals surface area contributed by atoms with Crippen LogP contribution in [0.4, 0.5) is 5.69 Å². The van der Waals surface area contributed by atoms with E-state index in [1.807, 2.05) is 12.1 Å². The summed E-state index contributed by atoms with van der Waals surface area (Å²) in [4.78, 5) is 5.12. The number of para-hydroxylation sites is 1. The number of nitrogens with one attached hydrogen (secondary N) is 1. The predicted molar refractivity (Wildman–Crippen MR) is 143 cm³/mol. The van der Waals surface area contributed by atoms with Gasteiger partial charge in [-0.3, -0.25) is 4.98 Å². The Labute approximate surface area is 203 Å². The highest BCUT2D eigenvalue weighted by Crippen LogP contribution is 2.36. The first kappa shape index (κ1) is 23.6. The molecule has 1 aromatic heterocycles. The number of hydrogen-bond acceptors (Lipinski definition) is 3. The topological polar surface area (TPSA) is 34.1 Å². The maximum Gasteiger partial charge on any atom is 0.118 e. The molecule has 0 aliphatic heterocycles. The number of anilines is 1. The minimum absolute atomic E-state index is 0.0724. The van der Waals surface area contributed by atoms with E-state index >= 15 is 0 Å². The molecular weight excluding hydrogens is 416 g/mol. The summed E-state index contributed by atoms with van der Waals surface area (Å²) in [6.07, 6.45) is 0. The predicted octanol–water partition coefficient (Wildman–Crippen LogP) is 8.21. The largest absolute Gasteiger partial charge is 0.497 e. The highest BCUT2D eigenvalue weighted by Gasteiger charge is 2.21. The fourth-order valence-electron chi connectivity index (χ4n) is 4.37. The molecule has 1 N–H and O–H groups in total. The van der Waals surface area contributed by atoms with E-state index in [4.69, 9.17) is 9.72 Å². The highest BCUT2D eigenvalue weighted by atomic mass is 16.5. The maximum absolute atomic E-state index is 5.32. The third-order valence-electron chi connectivity index (χ3n) is 6.25. The van der Waals surface area contributed by atoms with Gasteiger partial charge >= 0.3 is 0 Å². The van der Waals surface area contributed by atoms with E-state index in [0.29, 0.717) is 11.8 Å². The van der Waals surface area contributed by atoms with Crippen LogP contribution in [-0.4, -0.2) is 12.1 Å². The summed E-state index contributed by atoms with van der Waals surface area (Å²) >= 11 is 0. The zero-order valence-electron chi connectivity index (χ0n) is 20.7. The van der Waals surface area contributed by atoms with Crippen LogP contribution in [0.1, 0.15) is 68.0 Å². The molecule has 0 bridgehead atoms. The van der Waals surface area contributed by atoms with Gasteiger partial charge in [-0.2, -0.15) is 0 Å². The van der Waals surface area contributed by atoms with Crippen molar-refractivity contribution in [1.82, 2.24) is 4.98 Å². The quantitative estimate of drug-likeness (QED) is 0.294. The zero-order chi connectivity index (χ0) is 24.1. The number of nitrogens with zero attached hydrogens (tertiary/aromatic N) is 1. The number of benzene rings is 3. The molecule has 0 aliphatic rings. The second kappa shape index (κ2) is 10.6. The van der Waals surface area contributed by atoms with Crippen molar-refractivity contribution in [3.63, 3.8) is 0 Å². The van der Waals surface area contributed by atoms with Gasteiger partial charge in [0.2, 0.25) is 0 Å². The Morgan fingerprint density at radius 3 is 1.88 bits per heavy atom. The van der Waals surface area contributed by atoms with E-state index in [1.165, 1.54) is 22.4 Å². The van der Waals surface area contributed by atoms with Gasteiger partial charge in [-0.05, 0) is 64.9 Å². The molecule has 3 heteroatoms. The summed E-state index contributed by atoms with van der Waals surface area (Å²) in [6.45, 7) is 9.02. The van der Waals surface area contributed by atoms with Crippen molar-refractivity contribution in [2.24, 2.45) is 0 Å². The molecule has 3 aromatic carbocycles. The summed E-state index contributed by atoms with van der Waals surface area (Å²) in [5.74, 6) is 1.67. The normalized spacial score (nSPS) is 12.1. The lowest BCUT2D eigenvalue weighted by molar-refractivity contribution is 0.415. The molecule has 3 nitrogen and oxygen atoms in total. The Morgan fingerprint density at radius 2 is 1.29 bits per heavy atom. The van der Waals surface area contributed by atoms with Crippen molar-refractivity contribution in [2.45, 2.75) is 45.6 Å². The molecule has 0 saturated heterocycles. The molecule has 1 heterocycles. The molecule has 1 atom stereocenters. The molecule has 0 aliphatic carbocycles. The third-order valence-corrected chi connectivity index (χ3v) is 6.25. The van der Waals surface area contributed by atoms with Crippen molar-refractivity contribution in [3.8, 4) is 17.0 Å². The van der Waals surface area contributed by atoms with Gasteiger partial charge in [0, 0.05) is 11.3 Å². The summed E-state index contributed by atoms with van der Waals surface area (Å²) in [7, 11) is 1.68. The molecule has 34 heavy (non-hydrogen) atoms. The minimum Gasteiger partial charge on any atom is -0.497 e. The van der Waals surface area contributed by atoms with Crippen LogP contribution in [0.15, 0.2) is 91.0 Å². The average Bonchev–Trinajstić information content (AvgIpc) is 2.87. The average molecular weight is 451 g/mol. The molecule has 1 unspecified atom stereocenters. The van der Waals surface area contributed by atoms with E-state index < -0.39 is 0 Å². The third kappa shape index (κ3) is 5.14. The number of methoxy groups -OCH3 is 1. The van der Waals surface area contributed by atoms with Crippen molar-refractivity contribution in [1.29, 1.82) is 0 Å². The van der Waals surface area contributed by atoms with Crippen LogP contribution in [0, 0.1) is 0 Å². The van der Waals surface area contributed by atoms with E-state index in [0.717, 1.165) is 22.7 Å². The number of hydrogen-bond donors (Lipinski definition) is 1. The smallest absolute Gasteiger partial charge is 0.118 e. The monoisotopic (exact) mass is 450 g/mol.